The van der Waals surface area contributed by atoms with Gasteiger partial charge in [0.2, 0.25) is 0 Å². The van der Waals surface area contributed by atoms with E-state index in [0.29, 0.717) is 13.0 Å². The number of rotatable bonds is 4. The van der Waals surface area contributed by atoms with Crippen molar-refractivity contribution in [3.8, 4) is 5.75 Å². The standard InChI is InChI=1S/C16H20O4/c17-15-4-1-3-12-11-13(5-6-14(12)15)18-10-7-16-19-8-2-9-20-16/h5-6,11,16H,1-4,7-10H2. The van der Waals surface area contributed by atoms with Crippen molar-refractivity contribution in [2.75, 3.05) is 19.8 Å². The fourth-order valence-electron chi connectivity index (χ4n) is 2.69. The number of Topliss-reactive ketones (excluding diaryl/α,β-unsaturated/α-hetero) is 1. The van der Waals surface area contributed by atoms with Crippen molar-refractivity contribution in [2.45, 2.75) is 38.4 Å². The van der Waals surface area contributed by atoms with Crippen LogP contribution in [0.2, 0.25) is 0 Å². The highest BCUT2D eigenvalue weighted by atomic mass is 16.7. The third-order valence-corrected chi connectivity index (χ3v) is 3.75. The molecule has 1 aliphatic heterocycles. The Bertz CT molecular complexity index is 477. The van der Waals surface area contributed by atoms with Crippen LogP contribution in [0.5, 0.6) is 5.75 Å². The van der Waals surface area contributed by atoms with E-state index in [4.69, 9.17) is 14.2 Å². The molecule has 1 aromatic carbocycles. The topological polar surface area (TPSA) is 44.8 Å². The van der Waals surface area contributed by atoms with Gasteiger partial charge in [0.1, 0.15) is 5.75 Å². The zero-order valence-corrected chi connectivity index (χ0v) is 11.6. The quantitative estimate of drug-likeness (QED) is 0.848. The summed E-state index contributed by atoms with van der Waals surface area (Å²) in [5.41, 5.74) is 1.98. The largest absolute Gasteiger partial charge is 0.493 e. The molecule has 0 aromatic heterocycles. The minimum Gasteiger partial charge on any atom is -0.493 e. The normalized spacial score (nSPS) is 19.7. The molecule has 4 nitrogen and oxygen atoms in total. The van der Waals surface area contributed by atoms with Crippen LogP contribution < -0.4 is 4.74 Å². The van der Waals surface area contributed by atoms with E-state index >= 15 is 0 Å². The van der Waals surface area contributed by atoms with Gasteiger partial charge in [-0.05, 0) is 43.0 Å². The second-order valence-corrected chi connectivity index (χ2v) is 5.26. The third-order valence-electron chi connectivity index (χ3n) is 3.75. The number of ketones is 1. The average Bonchev–Trinajstić information content (AvgIpc) is 2.48. The Labute approximate surface area is 119 Å². The van der Waals surface area contributed by atoms with Crippen LogP contribution in [0, 0.1) is 0 Å². The van der Waals surface area contributed by atoms with E-state index < -0.39 is 0 Å². The number of carbonyl (C=O) groups is 1. The first-order valence-electron chi connectivity index (χ1n) is 7.35. The van der Waals surface area contributed by atoms with E-state index in [2.05, 4.69) is 0 Å². The lowest BCUT2D eigenvalue weighted by molar-refractivity contribution is -0.183. The Balaban J connectivity index is 1.54. The van der Waals surface area contributed by atoms with Gasteiger partial charge in [-0.2, -0.15) is 0 Å². The molecule has 0 amide bonds. The predicted octanol–water partition coefficient (Wildman–Crippen LogP) is 2.74. The maximum Gasteiger partial charge on any atom is 0.163 e. The number of hydrogen-bond donors (Lipinski definition) is 0. The van der Waals surface area contributed by atoms with E-state index in [1.54, 1.807) is 0 Å². The number of fused-ring (bicyclic) bond motifs is 1. The molecule has 108 valence electrons. The van der Waals surface area contributed by atoms with Gasteiger partial charge in [-0.3, -0.25) is 4.79 Å². The van der Waals surface area contributed by atoms with Crippen molar-refractivity contribution in [3.63, 3.8) is 0 Å². The monoisotopic (exact) mass is 276 g/mol. The molecule has 0 unspecified atom stereocenters. The highest BCUT2D eigenvalue weighted by molar-refractivity contribution is 5.98. The van der Waals surface area contributed by atoms with Crippen molar-refractivity contribution in [1.29, 1.82) is 0 Å². The molecule has 1 fully saturated rings. The lowest BCUT2D eigenvalue weighted by Crippen LogP contribution is -2.26. The van der Waals surface area contributed by atoms with Gasteiger partial charge in [0, 0.05) is 18.4 Å². The Hall–Kier alpha value is -1.39. The van der Waals surface area contributed by atoms with Gasteiger partial charge in [-0.15, -0.1) is 0 Å². The fourth-order valence-corrected chi connectivity index (χ4v) is 2.69. The zero-order valence-electron chi connectivity index (χ0n) is 11.6. The highest BCUT2D eigenvalue weighted by Crippen LogP contribution is 2.25. The minimum absolute atomic E-state index is 0.136. The molecule has 0 N–H and O–H groups in total. The Morgan fingerprint density at radius 1 is 1.15 bits per heavy atom. The van der Waals surface area contributed by atoms with Crippen LogP contribution in [0.3, 0.4) is 0 Å². The molecule has 20 heavy (non-hydrogen) atoms. The van der Waals surface area contributed by atoms with Crippen LogP contribution in [0.1, 0.15) is 41.6 Å². The molecule has 0 radical (unpaired) electrons. The second-order valence-electron chi connectivity index (χ2n) is 5.26. The molecule has 0 spiro atoms. The first kappa shape index (κ1) is 13.6. The van der Waals surface area contributed by atoms with Gasteiger partial charge in [0.25, 0.3) is 0 Å². The number of aryl methyl sites for hydroxylation is 1. The molecule has 2 aliphatic rings. The van der Waals surface area contributed by atoms with Crippen LogP contribution >= 0.6 is 0 Å². The lowest BCUT2D eigenvalue weighted by atomic mass is 9.90. The summed E-state index contributed by atoms with van der Waals surface area (Å²) >= 11 is 0. The Morgan fingerprint density at radius 2 is 2.00 bits per heavy atom. The SMILES string of the molecule is O=C1CCCc2cc(OCCC3OCCCO3)ccc21. The zero-order chi connectivity index (χ0) is 13.8. The minimum atomic E-state index is -0.136. The molecular weight excluding hydrogens is 256 g/mol. The van der Waals surface area contributed by atoms with Crippen LogP contribution in [-0.2, 0) is 15.9 Å². The van der Waals surface area contributed by atoms with Gasteiger partial charge in [-0.25, -0.2) is 0 Å². The van der Waals surface area contributed by atoms with Crippen molar-refractivity contribution < 1.29 is 19.0 Å². The summed E-state index contributed by atoms with van der Waals surface area (Å²) in [7, 11) is 0. The molecule has 0 saturated carbocycles. The highest BCUT2D eigenvalue weighted by Gasteiger charge is 2.18. The van der Waals surface area contributed by atoms with E-state index in [-0.39, 0.29) is 12.1 Å². The first-order chi connectivity index (χ1) is 9.83. The molecular formula is C16H20O4. The maximum atomic E-state index is 11.7. The average molecular weight is 276 g/mol. The van der Waals surface area contributed by atoms with Crippen molar-refractivity contribution in [2.24, 2.45) is 0 Å². The number of carbonyl (C=O) groups excluding carboxylic acids is 1. The predicted molar refractivity (Wildman–Crippen MR) is 74.1 cm³/mol. The maximum absolute atomic E-state index is 11.7. The second kappa shape index (κ2) is 6.37. The van der Waals surface area contributed by atoms with Crippen LogP contribution in [-0.4, -0.2) is 31.9 Å². The molecule has 3 rings (SSSR count). The molecule has 1 aromatic rings. The van der Waals surface area contributed by atoms with Crippen molar-refractivity contribution >= 4 is 5.78 Å². The number of ether oxygens (including phenoxy) is 3. The van der Waals surface area contributed by atoms with Gasteiger partial charge < -0.3 is 14.2 Å². The summed E-state index contributed by atoms with van der Waals surface area (Å²) in [6.07, 6.45) is 4.14. The van der Waals surface area contributed by atoms with Crippen molar-refractivity contribution in [3.05, 3.63) is 29.3 Å². The smallest absolute Gasteiger partial charge is 0.163 e. The summed E-state index contributed by atoms with van der Waals surface area (Å²) in [6, 6.07) is 5.76. The van der Waals surface area contributed by atoms with E-state index in [1.165, 1.54) is 0 Å². The first-order valence-corrected chi connectivity index (χ1v) is 7.35. The summed E-state index contributed by atoms with van der Waals surface area (Å²) in [6.45, 7) is 2.11. The van der Waals surface area contributed by atoms with Crippen LogP contribution in [0.25, 0.3) is 0 Å². The molecule has 1 saturated heterocycles. The summed E-state index contributed by atoms with van der Waals surface area (Å²) in [5.74, 6) is 1.08. The van der Waals surface area contributed by atoms with E-state index in [1.807, 2.05) is 18.2 Å². The summed E-state index contributed by atoms with van der Waals surface area (Å²) in [4.78, 5) is 11.7. The third kappa shape index (κ3) is 3.19. The molecule has 4 heteroatoms. The molecule has 1 heterocycles. The lowest BCUT2D eigenvalue weighted by Gasteiger charge is -2.23. The van der Waals surface area contributed by atoms with E-state index in [9.17, 15) is 4.79 Å². The van der Waals surface area contributed by atoms with Gasteiger partial charge in [0.15, 0.2) is 12.1 Å². The molecule has 0 atom stereocenters. The van der Waals surface area contributed by atoms with Gasteiger partial charge in [0.05, 0.1) is 19.8 Å². The fraction of sp³-hybridized carbons (Fsp3) is 0.562. The van der Waals surface area contributed by atoms with Gasteiger partial charge >= 0.3 is 0 Å². The van der Waals surface area contributed by atoms with Crippen LogP contribution in [0.15, 0.2) is 18.2 Å². The number of benzene rings is 1. The summed E-state index contributed by atoms with van der Waals surface area (Å²) < 4.78 is 16.7. The molecule has 0 bridgehead atoms. The molecule has 1 aliphatic carbocycles. The van der Waals surface area contributed by atoms with Crippen molar-refractivity contribution in [1.82, 2.24) is 0 Å². The van der Waals surface area contributed by atoms with Gasteiger partial charge in [-0.1, -0.05) is 0 Å². The Kier molecular flexibility index (Phi) is 4.33. The van der Waals surface area contributed by atoms with Crippen LogP contribution in [0.4, 0.5) is 0 Å². The number of hydrogen-bond acceptors (Lipinski definition) is 4. The van der Waals surface area contributed by atoms with E-state index in [0.717, 1.165) is 55.8 Å². The summed E-state index contributed by atoms with van der Waals surface area (Å²) in [5, 5.41) is 0. The Morgan fingerprint density at radius 3 is 2.85 bits per heavy atom.